The molecule has 0 saturated carbocycles. The van der Waals surface area contributed by atoms with E-state index in [2.05, 4.69) is 39.5 Å². The Bertz CT molecular complexity index is 3690. The molecule has 0 aliphatic rings. The first-order valence-electron chi connectivity index (χ1n) is 22.1. The van der Waals surface area contributed by atoms with E-state index >= 15 is 0 Å². The number of fused-ring (bicyclic) bond motifs is 9. The van der Waals surface area contributed by atoms with Crippen LogP contribution in [0.25, 0.3) is 93.6 Å². The number of aromatic nitrogens is 3. The Morgan fingerprint density at radius 3 is 1.37 bits per heavy atom. The Morgan fingerprint density at radius 2 is 0.784 bits per heavy atom. The summed E-state index contributed by atoms with van der Waals surface area (Å²) in [5, 5.41) is 3.83. The average molecular weight is 661 g/mol. The molecule has 0 saturated heterocycles. The van der Waals surface area contributed by atoms with Crippen molar-refractivity contribution in [1.82, 2.24) is 13.7 Å². The summed E-state index contributed by atoms with van der Waals surface area (Å²) in [6, 6.07) is 35.9. The van der Waals surface area contributed by atoms with Crippen molar-refractivity contribution >= 4 is 65.4 Å². The van der Waals surface area contributed by atoms with Gasteiger partial charge in [-0.2, -0.15) is 0 Å². The lowest BCUT2D eigenvalue weighted by Crippen LogP contribution is -1.97. The molecule has 0 amide bonds. The van der Waals surface area contributed by atoms with E-state index in [9.17, 15) is 0 Å². The summed E-state index contributed by atoms with van der Waals surface area (Å²) >= 11 is 0. The normalized spacial score (nSPS) is 14.9. The number of para-hydroxylation sites is 4. The highest BCUT2D eigenvalue weighted by atomic mass is 15.0. The third-order valence-corrected chi connectivity index (χ3v) is 9.85. The van der Waals surface area contributed by atoms with E-state index in [1.807, 2.05) is 78.9 Å². The van der Waals surface area contributed by atoms with Gasteiger partial charge in [0.05, 0.1) is 48.2 Å². The van der Waals surface area contributed by atoms with Crippen LogP contribution in [0.15, 0.2) is 188 Å². The summed E-state index contributed by atoms with van der Waals surface area (Å²) in [5.41, 5.74) is 7.24. The number of hydrogen-bond acceptors (Lipinski definition) is 0. The van der Waals surface area contributed by atoms with E-state index < -0.39 is 24.2 Å². The first-order chi connectivity index (χ1) is 29.8. The van der Waals surface area contributed by atoms with Gasteiger partial charge in [-0.15, -0.1) is 0 Å². The van der Waals surface area contributed by atoms with Gasteiger partial charge in [0.15, 0.2) is 0 Å². The lowest BCUT2D eigenvalue weighted by Gasteiger charge is -2.12. The Morgan fingerprint density at radius 1 is 0.294 bits per heavy atom. The second kappa shape index (κ2) is 10.8. The van der Waals surface area contributed by atoms with Crippen molar-refractivity contribution in [2.75, 3.05) is 0 Å². The molecule has 11 rings (SSSR count). The third kappa shape index (κ3) is 4.12. The molecule has 0 radical (unpaired) electrons. The van der Waals surface area contributed by atoms with Crippen LogP contribution in [0.5, 0.6) is 0 Å². The predicted octanol–water partition coefficient (Wildman–Crippen LogP) is 12.6. The molecule has 0 atom stereocenters. The molecule has 11 aromatic rings. The van der Waals surface area contributed by atoms with Crippen LogP contribution in [0.4, 0.5) is 0 Å². The smallest absolute Gasteiger partial charge is 0.0645 e. The molecule has 0 unspecified atom stereocenters. The summed E-state index contributed by atoms with van der Waals surface area (Å²) in [6.07, 6.45) is 0. The highest BCUT2D eigenvalue weighted by molar-refractivity contribution is 6.14. The molecule has 3 heterocycles. The maximum Gasteiger partial charge on any atom is 0.0645 e. The standard InChI is InChI=1S/C48H31N3/c1-2-13-32(14-3-1)33-15-12-16-34(29-33)49-45-23-10-6-19-39(45)41-31-36(26-27-47(41)49)51-46-24-11-7-20-40(46)42-30-35(25-28-48(42)51)50-43-21-8-4-17-37(43)38-18-5-9-22-44(38)50/h1-31H/i1D,4D,5D,8D,9D,13D,14D,17D,18D,21D,22D. The first kappa shape index (κ1) is 19.4. The van der Waals surface area contributed by atoms with E-state index in [1.165, 1.54) is 12.1 Å². The first-order valence-corrected chi connectivity index (χ1v) is 16.6. The van der Waals surface area contributed by atoms with Crippen LogP contribution in [-0.2, 0) is 0 Å². The lowest BCUT2D eigenvalue weighted by molar-refractivity contribution is 1.16. The minimum atomic E-state index is -0.484. The Balaban J connectivity index is 1.14. The van der Waals surface area contributed by atoms with Crippen LogP contribution in [0.1, 0.15) is 15.1 Å². The highest BCUT2D eigenvalue weighted by Gasteiger charge is 2.18. The quantitative estimate of drug-likeness (QED) is 0.178. The fourth-order valence-corrected chi connectivity index (χ4v) is 7.71. The molecular weight excluding hydrogens is 619 g/mol. The highest BCUT2D eigenvalue weighted by Crippen LogP contribution is 2.39. The van der Waals surface area contributed by atoms with Crippen LogP contribution in [0.3, 0.4) is 0 Å². The van der Waals surface area contributed by atoms with Crippen molar-refractivity contribution in [3.63, 3.8) is 0 Å². The van der Waals surface area contributed by atoms with E-state index in [-0.39, 0.29) is 64.1 Å². The Hall–Kier alpha value is -6.84. The SMILES string of the molecule is [2H]c1cc([2H])c(-c2cccc(-n3c4ccccc4c4cc(-n5c6ccccc6c6cc(-n7c8c([2H])c([2H])c([2H])c([2H])c8c8c([2H])c([2H])c([2H])c([2H])c87)ccc65)ccc43)c2)c([2H])c1. The van der Waals surface area contributed by atoms with Crippen molar-refractivity contribution in [1.29, 1.82) is 0 Å². The van der Waals surface area contributed by atoms with Crippen LogP contribution < -0.4 is 0 Å². The third-order valence-electron chi connectivity index (χ3n) is 9.85. The molecule has 0 aliphatic carbocycles. The molecule has 0 spiro atoms. The summed E-state index contributed by atoms with van der Waals surface area (Å²) in [5.74, 6) is 0. The zero-order valence-electron chi connectivity index (χ0n) is 37.9. The van der Waals surface area contributed by atoms with Crippen molar-refractivity contribution in [2.45, 2.75) is 0 Å². The lowest BCUT2D eigenvalue weighted by atomic mass is 10.1. The second-order valence-corrected chi connectivity index (χ2v) is 12.6. The fourth-order valence-electron chi connectivity index (χ4n) is 7.71. The van der Waals surface area contributed by atoms with Crippen LogP contribution in [0, 0.1) is 0 Å². The maximum absolute atomic E-state index is 9.01. The number of nitrogens with zero attached hydrogens (tertiary/aromatic N) is 3. The number of hydrogen-bond donors (Lipinski definition) is 0. The molecule has 8 aromatic carbocycles. The minimum absolute atomic E-state index is 0.0322. The van der Waals surface area contributed by atoms with Gasteiger partial charge in [-0.25, -0.2) is 0 Å². The average Bonchev–Trinajstić information content (AvgIpc) is 3.92. The van der Waals surface area contributed by atoms with Gasteiger partial charge in [-0.05, 0) is 83.9 Å². The zero-order valence-corrected chi connectivity index (χ0v) is 26.9. The van der Waals surface area contributed by atoms with Gasteiger partial charge in [0.2, 0.25) is 0 Å². The molecular formula is C48H31N3. The largest absolute Gasteiger partial charge is 0.309 e. The molecule has 3 heteroatoms. The van der Waals surface area contributed by atoms with Crippen LogP contribution in [0.2, 0.25) is 0 Å². The van der Waals surface area contributed by atoms with Crippen molar-refractivity contribution in [3.05, 3.63) is 188 Å². The molecule has 0 N–H and O–H groups in total. The van der Waals surface area contributed by atoms with Crippen LogP contribution in [-0.4, -0.2) is 13.7 Å². The maximum atomic E-state index is 9.01. The van der Waals surface area contributed by atoms with Gasteiger partial charge < -0.3 is 13.7 Å². The van der Waals surface area contributed by atoms with Gasteiger partial charge in [0.25, 0.3) is 0 Å². The number of rotatable bonds is 4. The summed E-state index contributed by atoms with van der Waals surface area (Å²) in [4.78, 5) is 0. The molecule has 0 fully saturated rings. The summed E-state index contributed by atoms with van der Waals surface area (Å²) < 4.78 is 101. The van der Waals surface area contributed by atoms with E-state index in [1.54, 1.807) is 4.57 Å². The van der Waals surface area contributed by atoms with Gasteiger partial charge in [-0.1, -0.05) is 115 Å². The Kier molecular flexibility index (Phi) is 4.11. The Labute approximate surface area is 309 Å². The van der Waals surface area contributed by atoms with E-state index in [4.69, 9.17) is 15.1 Å². The van der Waals surface area contributed by atoms with Crippen molar-refractivity contribution in [3.8, 4) is 28.2 Å². The predicted molar refractivity (Wildman–Crippen MR) is 215 cm³/mol. The minimum Gasteiger partial charge on any atom is -0.309 e. The van der Waals surface area contributed by atoms with Crippen molar-refractivity contribution < 1.29 is 15.1 Å². The topological polar surface area (TPSA) is 14.8 Å². The number of benzene rings is 8. The molecule has 238 valence electrons. The van der Waals surface area contributed by atoms with E-state index in [0.29, 0.717) is 16.8 Å². The summed E-state index contributed by atoms with van der Waals surface area (Å²) in [6.45, 7) is 0. The molecule has 3 nitrogen and oxygen atoms in total. The van der Waals surface area contributed by atoms with Gasteiger partial charge in [0.1, 0.15) is 0 Å². The van der Waals surface area contributed by atoms with Gasteiger partial charge >= 0.3 is 0 Å². The monoisotopic (exact) mass is 660 g/mol. The van der Waals surface area contributed by atoms with Crippen molar-refractivity contribution in [2.24, 2.45) is 0 Å². The zero-order chi connectivity index (χ0) is 43.0. The fraction of sp³-hybridized carbons (Fsp3) is 0. The van der Waals surface area contributed by atoms with Crippen LogP contribution >= 0.6 is 0 Å². The molecule has 0 aliphatic heterocycles. The molecule has 3 aromatic heterocycles. The second-order valence-electron chi connectivity index (χ2n) is 12.6. The van der Waals surface area contributed by atoms with Gasteiger partial charge in [0, 0.05) is 49.4 Å². The van der Waals surface area contributed by atoms with E-state index in [0.717, 1.165) is 55.0 Å². The molecule has 51 heavy (non-hydrogen) atoms. The molecule has 0 bridgehead atoms. The summed E-state index contributed by atoms with van der Waals surface area (Å²) in [7, 11) is 0. The van der Waals surface area contributed by atoms with Gasteiger partial charge in [-0.3, -0.25) is 0 Å².